The quantitative estimate of drug-likeness (QED) is 0.119. The summed E-state index contributed by atoms with van der Waals surface area (Å²) in [5, 5.41) is 1.89. The van der Waals surface area contributed by atoms with E-state index >= 15 is 8.78 Å². The molecule has 3 aromatic carbocycles. The number of halogens is 7. The molecule has 1 saturated carbocycles. The molecule has 4 rings (SSSR count). The van der Waals surface area contributed by atoms with Gasteiger partial charge in [-0.2, -0.15) is 22.0 Å². The third-order valence-electron chi connectivity index (χ3n) is 8.76. The van der Waals surface area contributed by atoms with Gasteiger partial charge >= 0.3 is 12.1 Å². The number of primary amides is 1. The molecule has 1 aliphatic rings. The predicted octanol–water partition coefficient (Wildman–Crippen LogP) is 8.96. The summed E-state index contributed by atoms with van der Waals surface area (Å²) in [4.78, 5) is 25.7. The Morgan fingerprint density at radius 2 is 1.54 bits per heavy atom. The largest absolute Gasteiger partial charge is 0.456 e. The van der Waals surface area contributed by atoms with Crippen LogP contribution in [0.2, 0.25) is 18.1 Å². The molecule has 3 aromatic rings. The van der Waals surface area contributed by atoms with E-state index in [1.54, 1.807) is 0 Å². The maximum absolute atomic E-state index is 16.1. The van der Waals surface area contributed by atoms with E-state index in [1.165, 1.54) is 6.92 Å². The molecule has 0 spiro atoms. The van der Waals surface area contributed by atoms with Gasteiger partial charge in [0, 0.05) is 17.7 Å². The van der Waals surface area contributed by atoms with Crippen LogP contribution in [0.15, 0.2) is 42.5 Å². The van der Waals surface area contributed by atoms with Crippen molar-refractivity contribution >= 4 is 20.1 Å². The van der Waals surface area contributed by atoms with Crippen molar-refractivity contribution in [1.29, 1.82) is 0 Å². The highest BCUT2D eigenvalue weighted by Crippen LogP contribution is 2.55. The summed E-state index contributed by atoms with van der Waals surface area (Å²) in [6.45, 7) is 10.8. The van der Waals surface area contributed by atoms with Crippen LogP contribution in [0.5, 0.6) is 11.5 Å². The average Bonchev–Trinajstić information content (AvgIpc) is 3.80. The highest BCUT2D eigenvalue weighted by atomic mass is 28.4. The van der Waals surface area contributed by atoms with Crippen molar-refractivity contribution in [3.63, 3.8) is 0 Å². The van der Waals surface area contributed by atoms with Gasteiger partial charge in [-0.3, -0.25) is 9.59 Å². The van der Waals surface area contributed by atoms with Gasteiger partial charge in [0.15, 0.2) is 8.32 Å². The number of benzene rings is 3. The van der Waals surface area contributed by atoms with E-state index in [2.05, 4.69) is 5.32 Å². The van der Waals surface area contributed by atoms with Crippen LogP contribution in [0.3, 0.4) is 0 Å². The van der Waals surface area contributed by atoms with Crippen LogP contribution in [-0.4, -0.2) is 33.3 Å². The maximum atomic E-state index is 16.1. The molecule has 2 amide bonds. The number of hydrogen-bond acceptors (Lipinski definition) is 4. The molecule has 6 nitrogen and oxygen atoms in total. The molecule has 0 radical (unpaired) electrons. The first kappa shape index (κ1) is 36.9. The number of carbonyl (C=O) groups is 2. The Balaban J connectivity index is 1.92. The van der Waals surface area contributed by atoms with E-state index in [0.29, 0.717) is 12.1 Å². The molecule has 260 valence electrons. The zero-order valence-corrected chi connectivity index (χ0v) is 28.3. The van der Waals surface area contributed by atoms with Crippen LogP contribution in [0.1, 0.15) is 72.1 Å². The van der Waals surface area contributed by atoms with Crippen LogP contribution in [0.25, 0.3) is 11.1 Å². The van der Waals surface area contributed by atoms with E-state index in [-0.39, 0.29) is 42.3 Å². The molecule has 0 atom stereocenters. The van der Waals surface area contributed by atoms with Gasteiger partial charge in [0.05, 0.1) is 17.7 Å². The van der Waals surface area contributed by atoms with Crippen molar-refractivity contribution in [1.82, 2.24) is 5.32 Å². The van der Waals surface area contributed by atoms with Gasteiger partial charge in [0.1, 0.15) is 23.1 Å². The van der Waals surface area contributed by atoms with Gasteiger partial charge in [-0.1, -0.05) is 26.8 Å². The lowest BCUT2D eigenvalue weighted by atomic mass is 9.85. The number of aryl methyl sites for hydroxylation is 1. The fourth-order valence-electron chi connectivity index (χ4n) is 5.02. The van der Waals surface area contributed by atoms with Crippen molar-refractivity contribution in [3.05, 3.63) is 81.9 Å². The number of hydrogen-bond donors (Lipinski definition) is 2. The fourth-order valence-corrected chi connectivity index (χ4v) is 6.06. The summed E-state index contributed by atoms with van der Waals surface area (Å²) >= 11 is 0. The minimum atomic E-state index is -5.08. The van der Waals surface area contributed by atoms with Crippen molar-refractivity contribution in [3.8, 4) is 22.6 Å². The second kappa shape index (κ2) is 13.2. The van der Waals surface area contributed by atoms with E-state index in [9.17, 15) is 31.5 Å². The van der Waals surface area contributed by atoms with Gasteiger partial charge in [-0.15, -0.1) is 0 Å². The Bertz CT molecular complexity index is 1730. The summed E-state index contributed by atoms with van der Waals surface area (Å²) in [7, 11) is -2.29. The van der Waals surface area contributed by atoms with Crippen LogP contribution < -0.4 is 15.8 Å². The minimum Gasteiger partial charge on any atom is -0.456 e. The number of nitrogens with two attached hydrogens (primary N) is 1. The summed E-state index contributed by atoms with van der Waals surface area (Å²) in [5.74, 6) is -11.1. The lowest BCUT2D eigenvalue weighted by Crippen LogP contribution is -2.44. The topological polar surface area (TPSA) is 90.7 Å². The normalized spacial score (nSPS) is 14.2. The van der Waals surface area contributed by atoms with Gasteiger partial charge in [0.25, 0.3) is 11.8 Å². The van der Waals surface area contributed by atoms with Crippen molar-refractivity contribution in [2.75, 3.05) is 13.2 Å². The number of carbonyl (C=O) groups excluding carboxylic acids is 2. The van der Waals surface area contributed by atoms with Crippen molar-refractivity contribution in [2.45, 2.75) is 76.7 Å². The van der Waals surface area contributed by atoms with Crippen LogP contribution >= 0.6 is 0 Å². The van der Waals surface area contributed by atoms with E-state index < -0.39 is 88.9 Å². The summed E-state index contributed by atoms with van der Waals surface area (Å²) < 4.78 is 116. The lowest BCUT2D eigenvalue weighted by molar-refractivity contribution is -0.147. The second-order valence-corrected chi connectivity index (χ2v) is 18.2. The predicted molar refractivity (Wildman–Crippen MR) is 169 cm³/mol. The number of rotatable bonds is 11. The zero-order valence-electron chi connectivity index (χ0n) is 27.3. The zero-order chi connectivity index (χ0) is 36.0. The second-order valence-electron chi connectivity index (χ2n) is 13.4. The third-order valence-corrected chi connectivity index (χ3v) is 13.3. The lowest BCUT2D eigenvalue weighted by Gasteiger charge is -2.36. The summed E-state index contributed by atoms with van der Waals surface area (Å²) in [5.41, 5.74) is 0.536. The van der Waals surface area contributed by atoms with Gasteiger partial charge in [0.2, 0.25) is 0 Å². The monoisotopic (exact) mass is 698 g/mol. The molecular formula is C34H37F7N2O4Si. The molecular weight excluding hydrogens is 661 g/mol. The summed E-state index contributed by atoms with van der Waals surface area (Å²) in [6.07, 6.45) is -4.60. The number of ether oxygens (including phenoxy) is 1. The Hall–Kier alpha value is -3.91. The first-order chi connectivity index (χ1) is 22.1. The maximum Gasteiger partial charge on any atom is 0.416 e. The Morgan fingerprint density at radius 3 is 2.08 bits per heavy atom. The fraction of sp³-hybridized carbons (Fsp3) is 0.412. The average molecular weight is 699 g/mol. The Morgan fingerprint density at radius 1 is 0.938 bits per heavy atom. The van der Waals surface area contributed by atoms with Crippen molar-refractivity contribution in [2.24, 2.45) is 5.73 Å². The Labute approximate surface area is 274 Å². The standard InChI is InChI=1S/C34H37F7N2O4Si/c1-18-15-20(35)10-12-26(18)47-29-23(30(42)44)17-25(34(39,40)41)27(19-7-8-19)28(29)22-11-9-21(36)16-24(22)33(37,38)31(45)43-13-14-46-48(5,6)32(2,3)4/h9-12,15-17,19H,7-8,13-14H2,1-6H3,(H2,42,44)(H,43,45). The van der Waals surface area contributed by atoms with E-state index in [4.69, 9.17) is 14.9 Å². The SMILES string of the molecule is Cc1cc(F)ccc1Oc1c(C(N)=O)cc(C(F)(F)F)c(C2CC2)c1-c1ccc(F)cc1C(F)(F)C(=O)NCCO[Si](C)(C)C(C)(C)C. The molecule has 3 N–H and O–H groups in total. The molecule has 0 aliphatic heterocycles. The van der Waals surface area contributed by atoms with E-state index in [0.717, 1.165) is 30.3 Å². The molecule has 0 bridgehead atoms. The molecule has 1 aliphatic carbocycles. The van der Waals surface area contributed by atoms with Gasteiger partial charge in [-0.25, -0.2) is 8.78 Å². The molecule has 0 aromatic heterocycles. The molecule has 48 heavy (non-hydrogen) atoms. The molecule has 0 saturated heterocycles. The first-order valence-electron chi connectivity index (χ1n) is 15.2. The van der Waals surface area contributed by atoms with Gasteiger partial charge < -0.3 is 20.2 Å². The first-order valence-corrected chi connectivity index (χ1v) is 18.1. The van der Waals surface area contributed by atoms with Crippen LogP contribution in [-0.2, 0) is 21.3 Å². The number of amides is 2. The molecule has 0 unspecified atom stereocenters. The molecule has 0 heterocycles. The number of nitrogens with one attached hydrogen (secondary N) is 1. The minimum absolute atomic E-state index is 0.0925. The smallest absolute Gasteiger partial charge is 0.416 e. The highest BCUT2D eigenvalue weighted by Gasteiger charge is 2.47. The third kappa shape index (κ3) is 7.70. The number of alkyl halides is 5. The van der Waals surface area contributed by atoms with Crippen molar-refractivity contribution < 1.29 is 49.5 Å². The summed E-state index contributed by atoms with van der Waals surface area (Å²) in [6, 6.07) is 5.60. The molecule has 1 fully saturated rings. The Kier molecular flexibility index (Phi) is 10.1. The van der Waals surface area contributed by atoms with Crippen LogP contribution in [0.4, 0.5) is 30.7 Å². The van der Waals surface area contributed by atoms with E-state index in [1.807, 2.05) is 33.9 Å². The highest BCUT2D eigenvalue weighted by molar-refractivity contribution is 6.74. The van der Waals surface area contributed by atoms with Crippen LogP contribution in [0, 0.1) is 18.6 Å². The molecule has 14 heteroatoms. The van der Waals surface area contributed by atoms with Gasteiger partial charge in [-0.05, 0) is 96.9 Å².